The molecule has 0 amide bonds. The maximum atomic E-state index is 13.7. The van der Waals surface area contributed by atoms with Crippen LogP contribution in [0.3, 0.4) is 0 Å². The normalized spacial score (nSPS) is 21.9. The highest BCUT2D eigenvalue weighted by molar-refractivity contribution is 5.83. The molecule has 1 aliphatic heterocycles. The van der Waals surface area contributed by atoms with E-state index in [2.05, 4.69) is 4.74 Å². The van der Waals surface area contributed by atoms with E-state index in [1.54, 1.807) is 0 Å². The van der Waals surface area contributed by atoms with Crippen molar-refractivity contribution in [2.24, 2.45) is 5.92 Å². The van der Waals surface area contributed by atoms with Gasteiger partial charge in [0.05, 0.1) is 13.2 Å². The number of ketones is 1. The molecule has 1 fully saturated rings. The van der Waals surface area contributed by atoms with Gasteiger partial charge in [-0.05, 0) is 0 Å². The number of halogens is 13. The number of rotatable bonds is 5. The third kappa shape index (κ3) is 2.91. The third-order valence-corrected chi connectivity index (χ3v) is 3.56. The number of ether oxygens (including phenoxy) is 1. The molecule has 15 heteroatoms. The van der Waals surface area contributed by atoms with E-state index in [-0.39, 0.29) is 0 Å². The predicted molar refractivity (Wildman–Crippen MR) is 54.7 cm³/mol. The van der Waals surface area contributed by atoms with Gasteiger partial charge < -0.3 is 4.74 Å². The van der Waals surface area contributed by atoms with E-state index >= 15 is 0 Å². The summed E-state index contributed by atoms with van der Waals surface area (Å²) in [7, 11) is 0. The van der Waals surface area contributed by atoms with Gasteiger partial charge in [-0.3, -0.25) is 4.79 Å². The van der Waals surface area contributed by atoms with Crippen LogP contribution in [-0.2, 0) is 9.53 Å². The van der Waals surface area contributed by atoms with Gasteiger partial charge >= 0.3 is 35.8 Å². The van der Waals surface area contributed by atoms with Crippen molar-refractivity contribution in [1.29, 1.82) is 0 Å². The van der Waals surface area contributed by atoms with Gasteiger partial charge in [-0.1, -0.05) is 0 Å². The second-order valence-electron chi connectivity index (χ2n) is 5.26. The Kier molecular flexibility index (Phi) is 5.36. The molecule has 1 heterocycles. The van der Waals surface area contributed by atoms with Crippen molar-refractivity contribution in [3.05, 3.63) is 0 Å². The van der Waals surface area contributed by atoms with E-state index in [1.165, 1.54) is 0 Å². The maximum Gasteiger partial charge on any atom is 0.460 e. The van der Waals surface area contributed by atoms with Crippen molar-refractivity contribution in [1.82, 2.24) is 0 Å². The van der Waals surface area contributed by atoms with Crippen molar-refractivity contribution in [3.63, 3.8) is 0 Å². The molecule has 0 aliphatic carbocycles. The molecular weight excluding hydrogens is 411 g/mol. The van der Waals surface area contributed by atoms with Gasteiger partial charge in [-0.2, -0.15) is 57.1 Å². The summed E-state index contributed by atoms with van der Waals surface area (Å²) in [5.41, 5.74) is 0. The summed E-state index contributed by atoms with van der Waals surface area (Å²) in [5, 5.41) is 0. The van der Waals surface area contributed by atoms with Crippen LogP contribution in [0.1, 0.15) is 6.42 Å². The van der Waals surface area contributed by atoms with E-state index in [9.17, 15) is 61.9 Å². The average Bonchev–Trinajstić information content (AvgIpc) is 2.45. The Labute approximate surface area is 135 Å². The smallest absolute Gasteiger partial charge is 0.380 e. The van der Waals surface area contributed by atoms with Crippen LogP contribution in [0.25, 0.3) is 0 Å². The minimum absolute atomic E-state index is 0.602. The van der Waals surface area contributed by atoms with E-state index in [0.717, 1.165) is 0 Å². The van der Waals surface area contributed by atoms with Crippen LogP contribution in [0.2, 0.25) is 0 Å². The largest absolute Gasteiger partial charge is 0.460 e. The third-order valence-electron chi connectivity index (χ3n) is 3.56. The summed E-state index contributed by atoms with van der Waals surface area (Å²) >= 11 is 0. The summed E-state index contributed by atoms with van der Waals surface area (Å²) in [5.74, 6) is -42.8. The van der Waals surface area contributed by atoms with Crippen LogP contribution < -0.4 is 0 Å². The Morgan fingerprint density at radius 3 is 1.50 bits per heavy atom. The van der Waals surface area contributed by atoms with Crippen molar-refractivity contribution in [2.75, 3.05) is 13.2 Å². The molecule has 1 saturated heterocycles. The minimum Gasteiger partial charge on any atom is -0.380 e. The summed E-state index contributed by atoms with van der Waals surface area (Å²) in [6.07, 6.45) is -8.48. The predicted octanol–water partition coefficient (Wildman–Crippen LogP) is 4.33. The standard InChI is InChI=1S/C11H7F13O2/c12-6(13,4-3-26-2-1-5(4)25)7(14,15)8(16,17)9(18,19)10(20,21)11(22,23)24/h4H,1-3H2. The van der Waals surface area contributed by atoms with E-state index < -0.39 is 67.1 Å². The zero-order valence-corrected chi connectivity index (χ0v) is 11.9. The number of carbonyl (C=O) groups excluding carboxylic acids is 1. The van der Waals surface area contributed by atoms with Gasteiger partial charge in [-0.25, -0.2) is 0 Å². The molecule has 26 heavy (non-hydrogen) atoms. The van der Waals surface area contributed by atoms with Crippen LogP contribution in [0.15, 0.2) is 0 Å². The molecule has 0 aromatic rings. The summed E-state index contributed by atoms with van der Waals surface area (Å²) in [6, 6.07) is 0. The van der Waals surface area contributed by atoms with Gasteiger partial charge in [0, 0.05) is 6.42 Å². The van der Waals surface area contributed by atoms with Gasteiger partial charge in [-0.15, -0.1) is 0 Å². The molecule has 1 rings (SSSR count). The monoisotopic (exact) mass is 418 g/mol. The lowest BCUT2D eigenvalue weighted by Gasteiger charge is -2.42. The molecular formula is C11H7F13O2. The lowest BCUT2D eigenvalue weighted by molar-refractivity contribution is -0.442. The van der Waals surface area contributed by atoms with Crippen molar-refractivity contribution >= 4 is 5.78 Å². The highest BCUT2D eigenvalue weighted by atomic mass is 19.4. The first-order valence-corrected chi connectivity index (χ1v) is 6.33. The molecule has 0 aromatic carbocycles. The SMILES string of the molecule is O=C1CCOCC1C(F)(F)C(F)(F)C(F)(F)C(F)(F)C(F)(F)C(F)(F)F. The van der Waals surface area contributed by atoms with Crippen LogP contribution >= 0.6 is 0 Å². The van der Waals surface area contributed by atoms with Crippen molar-refractivity contribution < 1.29 is 66.6 Å². The Bertz CT molecular complexity index is 551. The first-order valence-electron chi connectivity index (χ1n) is 6.33. The van der Waals surface area contributed by atoms with Crippen molar-refractivity contribution in [3.8, 4) is 0 Å². The molecule has 1 unspecified atom stereocenters. The van der Waals surface area contributed by atoms with Gasteiger partial charge in [0.25, 0.3) is 0 Å². The zero-order chi connectivity index (χ0) is 21.0. The fourth-order valence-corrected chi connectivity index (χ4v) is 1.95. The molecule has 0 spiro atoms. The second kappa shape index (κ2) is 6.12. The second-order valence-corrected chi connectivity index (χ2v) is 5.26. The molecule has 0 N–H and O–H groups in total. The van der Waals surface area contributed by atoms with Gasteiger partial charge in [0.15, 0.2) is 0 Å². The Morgan fingerprint density at radius 2 is 1.12 bits per heavy atom. The molecule has 0 bridgehead atoms. The Balaban J connectivity index is 3.45. The first-order chi connectivity index (χ1) is 11.3. The quantitative estimate of drug-likeness (QED) is 0.622. The summed E-state index contributed by atoms with van der Waals surface area (Å²) < 4.78 is 172. The lowest BCUT2D eigenvalue weighted by Crippen LogP contribution is -2.71. The molecule has 1 atom stereocenters. The van der Waals surface area contributed by atoms with Gasteiger partial charge in [0.2, 0.25) is 0 Å². The van der Waals surface area contributed by atoms with Crippen LogP contribution in [0.5, 0.6) is 0 Å². The molecule has 2 nitrogen and oxygen atoms in total. The first kappa shape index (κ1) is 22.8. The highest BCUT2D eigenvalue weighted by Crippen LogP contribution is 2.61. The number of carbonyl (C=O) groups is 1. The van der Waals surface area contributed by atoms with Crippen LogP contribution in [-0.4, -0.2) is 54.8 Å². The molecule has 1 aliphatic rings. The fraction of sp³-hybridized carbons (Fsp3) is 0.909. The van der Waals surface area contributed by atoms with Gasteiger partial charge in [0.1, 0.15) is 11.7 Å². The summed E-state index contributed by atoms with van der Waals surface area (Å²) in [4.78, 5) is 11.2. The number of hydrogen-bond donors (Lipinski definition) is 0. The number of Topliss-reactive ketones (excluding diaryl/α,β-unsaturated/α-hetero) is 1. The Hall–Kier alpha value is -1.28. The number of alkyl halides is 13. The molecule has 0 aromatic heterocycles. The fourth-order valence-electron chi connectivity index (χ4n) is 1.95. The number of hydrogen-bond acceptors (Lipinski definition) is 2. The topological polar surface area (TPSA) is 26.3 Å². The summed E-state index contributed by atoms with van der Waals surface area (Å²) in [6.45, 7) is -2.26. The molecule has 0 radical (unpaired) electrons. The van der Waals surface area contributed by atoms with E-state index in [0.29, 0.717) is 0 Å². The van der Waals surface area contributed by atoms with Crippen LogP contribution in [0, 0.1) is 5.92 Å². The molecule has 154 valence electrons. The van der Waals surface area contributed by atoms with E-state index in [1.807, 2.05) is 0 Å². The minimum atomic E-state index is -7.97. The lowest BCUT2D eigenvalue weighted by atomic mass is 9.84. The zero-order valence-electron chi connectivity index (χ0n) is 11.9. The maximum absolute atomic E-state index is 13.7. The Morgan fingerprint density at radius 1 is 0.692 bits per heavy atom. The van der Waals surface area contributed by atoms with Crippen LogP contribution in [0.4, 0.5) is 57.1 Å². The average molecular weight is 418 g/mol. The van der Waals surface area contributed by atoms with E-state index in [4.69, 9.17) is 0 Å². The molecule has 0 saturated carbocycles. The van der Waals surface area contributed by atoms with Crippen molar-refractivity contribution in [2.45, 2.75) is 42.2 Å². The highest BCUT2D eigenvalue weighted by Gasteiger charge is 2.91.